The molecule has 11 nitrogen and oxygen atoms in total. The highest BCUT2D eigenvalue weighted by molar-refractivity contribution is 7.92. The molecule has 2 aromatic carbocycles. The van der Waals surface area contributed by atoms with Gasteiger partial charge in [-0.2, -0.15) is 0 Å². The SMILES string of the molecule is COc1ccc(NS(=O)(=O)c2ccc(N=[N+]=[N-])c([N+](=O)[O-])c2)cc1O. The van der Waals surface area contributed by atoms with Crippen LogP contribution >= 0.6 is 0 Å². The highest BCUT2D eigenvalue weighted by Crippen LogP contribution is 2.32. The van der Waals surface area contributed by atoms with Crippen molar-refractivity contribution in [1.82, 2.24) is 0 Å². The molecule has 0 heterocycles. The summed E-state index contributed by atoms with van der Waals surface area (Å²) in [7, 11) is -2.84. The van der Waals surface area contributed by atoms with Crippen LogP contribution < -0.4 is 9.46 Å². The average molecular weight is 365 g/mol. The van der Waals surface area contributed by atoms with E-state index >= 15 is 0 Å². The van der Waals surface area contributed by atoms with Gasteiger partial charge in [-0.25, -0.2) is 8.42 Å². The van der Waals surface area contributed by atoms with Crippen LogP contribution in [0.5, 0.6) is 11.5 Å². The number of hydrogen-bond donors (Lipinski definition) is 2. The van der Waals surface area contributed by atoms with Gasteiger partial charge in [0.15, 0.2) is 11.5 Å². The van der Waals surface area contributed by atoms with Gasteiger partial charge < -0.3 is 9.84 Å². The summed E-state index contributed by atoms with van der Waals surface area (Å²) < 4.78 is 31.7. The smallest absolute Gasteiger partial charge is 0.280 e. The van der Waals surface area contributed by atoms with Gasteiger partial charge in [0, 0.05) is 17.0 Å². The maximum Gasteiger partial charge on any atom is 0.280 e. The Morgan fingerprint density at radius 2 is 2.04 bits per heavy atom. The quantitative estimate of drug-likeness (QED) is 0.262. The number of anilines is 1. The number of hydrogen-bond acceptors (Lipinski definition) is 7. The second kappa shape index (κ2) is 6.95. The van der Waals surface area contributed by atoms with Crippen LogP contribution in [-0.4, -0.2) is 25.6 Å². The first-order chi connectivity index (χ1) is 11.8. The van der Waals surface area contributed by atoms with E-state index in [-0.39, 0.29) is 22.9 Å². The molecule has 0 aromatic heterocycles. The lowest BCUT2D eigenvalue weighted by molar-refractivity contribution is -0.384. The van der Waals surface area contributed by atoms with Crippen molar-refractivity contribution < 1.29 is 23.2 Å². The second-order valence-electron chi connectivity index (χ2n) is 4.59. The van der Waals surface area contributed by atoms with Crippen molar-refractivity contribution in [3.63, 3.8) is 0 Å². The number of methoxy groups -OCH3 is 1. The molecule has 0 amide bonds. The molecule has 0 aliphatic carbocycles. The van der Waals surface area contributed by atoms with Crippen LogP contribution in [-0.2, 0) is 10.0 Å². The van der Waals surface area contributed by atoms with Crippen molar-refractivity contribution in [2.75, 3.05) is 11.8 Å². The first-order valence-corrected chi connectivity index (χ1v) is 8.00. The van der Waals surface area contributed by atoms with Crippen LogP contribution in [0.2, 0.25) is 0 Å². The van der Waals surface area contributed by atoms with Gasteiger partial charge in [-0.15, -0.1) is 0 Å². The van der Waals surface area contributed by atoms with Crippen molar-refractivity contribution in [1.29, 1.82) is 0 Å². The van der Waals surface area contributed by atoms with Gasteiger partial charge in [0.05, 0.1) is 22.6 Å². The van der Waals surface area contributed by atoms with Crippen LogP contribution in [0.1, 0.15) is 0 Å². The molecule has 2 N–H and O–H groups in total. The lowest BCUT2D eigenvalue weighted by Crippen LogP contribution is -2.13. The molecule has 0 bridgehead atoms. The Bertz CT molecular complexity index is 984. The van der Waals surface area contributed by atoms with Gasteiger partial charge >= 0.3 is 0 Å². The van der Waals surface area contributed by atoms with E-state index in [0.717, 1.165) is 24.3 Å². The second-order valence-corrected chi connectivity index (χ2v) is 6.27. The molecule has 2 aromatic rings. The molecule has 12 heteroatoms. The zero-order valence-corrected chi connectivity index (χ0v) is 13.5. The van der Waals surface area contributed by atoms with Crippen molar-refractivity contribution in [3.8, 4) is 11.5 Å². The number of sulfonamides is 1. The number of rotatable bonds is 6. The average Bonchev–Trinajstić information content (AvgIpc) is 2.55. The minimum absolute atomic E-state index is 0.0278. The number of benzene rings is 2. The molecule has 2 rings (SSSR count). The van der Waals surface area contributed by atoms with Gasteiger partial charge in [0.2, 0.25) is 0 Å². The van der Waals surface area contributed by atoms with E-state index in [4.69, 9.17) is 10.3 Å². The molecular formula is C13H11N5O6S. The Balaban J connectivity index is 2.42. The van der Waals surface area contributed by atoms with Crippen LogP contribution in [0.15, 0.2) is 46.4 Å². The predicted molar refractivity (Wildman–Crippen MR) is 87.4 cm³/mol. The molecule has 0 aliphatic rings. The molecule has 0 aliphatic heterocycles. The van der Waals surface area contributed by atoms with Crippen molar-refractivity contribution in [3.05, 3.63) is 57.0 Å². The number of azide groups is 1. The van der Waals surface area contributed by atoms with E-state index in [1.807, 2.05) is 0 Å². The molecule has 0 unspecified atom stereocenters. The Hall–Kier alpha value is -3.50. The number of phenols is 1. The highest BCUT2D eigenvalue weighted by Gasteiger charge is 2.21. The van der Waals surface area contributed by atoms with Crippen LogP contribution in [0.25, 0.3) is 10.4 Å². The van der Waals surface area contributed by atoms with E-state index < -0.39 is 25.5 Å². The zero-order valence-electron chi connectivity index (χ0n) is 12.6. The maximum atomic E-state index is 12.4. The summed E-state index contributed by atoms with van der Waals surface area (Å²) in [6.45, 7) is 0. The van der Waals surface area contributed by atoms with E-state index in [2.05, 4.69) is 14.7 Å². The molecule has 0 saturated heterocycles. The molecule has 0 atom stereocenters. The van der Waals surface area contributed by atoms with Gasteiger partial charge in [-0.1, -0.05) is 5.11 Å². The normalized spacial score (nSPS) is 10.6. The number of ether oxygens (including phenoxy) is 1. The molecule has 25 heavy (non-hydrogen) atoms. The van der Waals surface area contributed by atoms with E-state index in [1.165, 1.54) is 19.2 Å². The third-order valence-electron chi connectivity index (χ3n) is 3.04. The van der Waals surface area contributed by atoms with Gasteiger partial charge in [-0.05, 0) is 29.8 Å². The predicted octanol–water partition coefficient (Wildman–Crippen LogP) is 3.05. The van der Waals surface area contributed by atoms with Crippen LogP contribution in [0.3, 0.4) is 0 Å². The third-order valence-corrected chi connectivity index (χ3v) is 4.42. The molecule has 0 spiro atoms. The number of nitro groups is 1. The van der Waals surface area contributed by atoms with Crippen molar-refractivity contribution in [2.24, 2.45) is 5.11 Å². The summed E-state index contributed by atoms with van der Waals surface area (Å²) >= 11 is 0. The topological polar surface area (TPSA) is 168 Å². The molecule has 130 valence electrons. The minimum Gasteiger partial charge on any atom is -0.504 e. The van der Waals surface area contributed by atoms with Gasteiger partial charge in [-0.3, -0.25) is 14.8 Å². The Morgan fingerprint density at radius 3 is 2.60 bits per heavy atom. The fraction of sp³-hybridized carbons (Fsp3) is 0.0769. The number of phenolic OH excluding ortho intramolecular Hbond substituents is 1. The largest absolute Gasteiger partial charge is 0.504 e. The highest BCUT2D eigenvalue weighted by atomic mass is 32.2. The van der Waals surface area contributed by atoms with Gasteiger partial charge in [0.25, 0.3) is 15.7 Å². The fourth-order valence-electron chi connectivity index (χ4n) is 1.92. The monoisotopic (exact) mass is 365 g/mol. The van der Waals surface area contributed by atoms with E-state index in [9.17, 15) is 23.6 Å². The van der Waals surface area contributed by atoms with Crippen LogP contribution in [0, 0.1) is 10.1 Å². The van der Waals surface area contributed by atoms with Crippen molar-refractivity contribution >= 4 is 27.1 Å². The molecule has 0 saturated carbocycles. The van der Waals surface area contributed by atoms with Crippen LogP contribution in [0.4, 0.5) is 17.1 Å². The summed E-state index contributed by atoms with van der Waals surface area (Å²) in [6.07, 6.45) is 0. The number of nitrogens with zero attached hydrogens (tertiary/aromatic N) is 4. The third kappa shape index (κ3) is 3.88. The number of aromatic hydroxyl groups is 1. The van der Waals surface area contributed by atoms with E-state index in [0.29, 0.717) is 0 Å². The summed E-state index contributed by atoms with van der Waals surface area (Å²) in [5, 5.41) is 23.8. The zero-order chi connectivity index (χ0) is 18.6. The maximum absolute atomic E-state index is 12.4. The summed E-state index contributed by atoms with van der Waals surface area (Å²) in [5.74, 6) is -0.135. The first kappa shape index (κ1) is 17.8. The van der Waals surface area contributed by atoms with Gasteiger partial charge in [0.1, 0.15) is 5.69 Å². The first-order valence-electron chi connectivity index (χ1n) is 6.52. The minimum atomic E-state index is -4.18. The Kier molecular flexibility index (Phi) is 4.96. The Labute approximate surface area is 141 Å². The summed E-state index contributed by atoms with van der Waals surface area (Å²) in [5.41, 5.74) is 7.45. The summed E-state index contributed by atoms with van der Waals surface area (Å²) in [6, 6.07) is 6.68. The number of nitrogens with one attached hydrogen (secondary N) is 1. The fourth-order valence-corrected chi connectivity index (χ4v) is 2.99. The lowest BCUT2D eigenvalue weighted by Gasteiger charge is -2.10. The lowest BCUT2D eigenvalue weighted by atomic mass is 10.3. The van der Waals surface area contributed by atoms with E-state index in [1.54, 1.807) is 0 Å². The number of nitro benzene ring substituents is 1. The summed E-state index contributed by atoms with van der Waals surface area (Å²) in [4.78, 5) is 12.2. The molecule has 0 radical (unpaired) electrons. The van der Waals surface area contributed by atoms with Crippen molar-refractivity contribution in [2.45, 2.75) is 4.90 Å². The molecular weight excluding hydrogens is 354 g/mol. The Morgan fingerprint density at radius 1 is 1.32 bits per heavy atom. The molecule has 0 fully saturated rings. The standard InChI is InChI=1S/C13H11N5O6S/c1-24-13-5-2-8(6-12(13)19)16-25(22,23)9-3-4-10(15-17-14)11(7-9)18(20)21/h2-7,16,19H,1H3.